The zero-order valence-electron chi connectivity index (χ0n) is 19.0. The molecule has 1 amide bonds. The highest BCUT2D eigenvalue weighted by atomic mass is 16.2. The quantitative estimate of drug-likeness (QED) is 0.248. The minimum atomic E-state index is 0.219. The van der Waals surface area contributed by atoms with Gasteiger partial charge in [-0.25, -0.2) is 0 Å². The zero-order chi connectivity index (χ0) is 20.5. The fourth-order valence-corrected chi connectivity index (χ4v) is 3.71. The maximum atomic E-state index is 13.0. The lowest BCUT2D eigenvalue weighted by atomic mass is 10.1. The normalized spacial score (nSPS) is 11.0. The highest BCUT2D eigenvalue weighted by Gasteiger charge is 2.15. The fourth-order valence-electron chi connectivity index (χ4n) is 3.71. The van der Waals surface area contributed by atoms with E-state index in [-0.39, 0.29) is 5.91 Å². The topological polar surface area (TPSA) is 20.3 Å². The number of nitrogens with zero attached hydrogens (tertiary/aromatic N) is 1. The molecule has 160 valence electrons. The predicted octanol–water partition coefficient (Wildman–Crippen LogP) is 7.94. The average Bonchev–Trinajstić information content (AvgIpc) is 2.71. The molecule has 0 aliphatic rings. The summed E-state index contributed by atoms with van der Waals surface area (Å²) in [5.41, 5.74) is 2.05. The SMILES string of the molecule is CCCCCCCCCN(CCCCCCCCC)C(=O)c1ccc(C)cc1. The van der Waals surface area contributed by atoms with Crippen molar-refractivity contribution >= 4 is 5.91 Å². The third-order valence-electron chi connectivity index (χ3n) is 5.65. The summed E-state index contributed by atoms with van der Waals surface area (Å²) in [5.74, 6) is 0.219. The van der Waals surface area contributed by atoms with Crippen molar-refractivity contribution in [2.75, 3.05) is 13.1 Å². The summed E-state index contributed by atoms with van der Waals surface area (Å²) in [6.07, 6.45) is 18.1. The second-order valence-corrected chi connectivity index (χ2v) is 8.40. The monoisotopic (exact) mass is 387 g/mol. The van der Waals surface area contributed by atoms with E-state index in [1.807, 2.05) is 24.3 Å². The first kappa shape index (κ1) is 24.7. The fraction of sp³-hybridized carbons (Fsp3) is 0.731. The maximum Gasteiger partial charge on any atom is 0.253 e. The minimum absolute atomic E-state index is 0.219. The van der Waals surface area contributed by atoms with Crippen molar-refractivity contribution in [2.24, 2.45) is 0 Å². The van der Waals surface area contributed by atoms with E-state index in [0.29, 0.717) is 0 Å². The van der Waals surface area contributed by atoms with Crippen molar-refractivity contribution in [3.8, 4) is 0 Å². The molecule has 0 N–H and O–H groups in total. The number of hydrogen-bond acceptors (Lipinski definition) is 1. The molecular weight excluding hydrogens is 342 g/mol. The van der Waals surface area contributed by atoms with Crippen LogP contribution in [-0.4, -0.2) is 23.9 Å². The molecule has 0 radical (unpaired) electrons. The first-order chi connectivity index (χ1) is 13.7. The van der Waals surface area contributed by atoms with E-state index < -0.39 is 0 Å². The van der Waals surface area contributed by atoms with Crippen molar-refractivity contribution in [3.05, 3.63) is 35.4 Å². The Bertz CT molecular complexity index is 476. The summed E-state index contributed by atoms with van der Waals surface area (Å²) in [7, 11) is 0. The molecule has 0 aromatic heterocycles. The lowest BCUT2D eigenvalue weighted by Crippen LogP contribution is -2.33. The van der Waals surface area contributed by atoms with Gasteiger partial charge in [-0.1, -0.05) is 109 Å². The van der Waals surface area contributed by atoms with Crippen LogP contribution in [0, 0.1) is 6.92 Å². The minimum Gasteiger partial charge on any atom is -0.339 e. The van der Waals surface area contributed by atoms with Crippen LogP contribution >= 0.6 is 0 Å². The van der Waals surface area contributed by atoms with Gasteiger partial charge in [0.15, 0.2) is 0 Å². The summed E-state index contributed by atoms with van der Waals surface area (Å²) in [4.78, 5) is 15.1. The summed E-state index contributed by atoms with van der Waals surface area (Å²) >= 11 is 0. The van der Waals surface area contributed by atoms with E-state index in [9.17, 15) is 4.79 Å². The molecule has 0 heterocycles. The van der Waals surface area contributed by atoms with Crippen LogP contribution in [0.4, 0.5) is 0 Å². The molecule has 0 atom stereocenters. The molecule has 28 heavy (non-hydrogen) atoms. The molecule has 1 aromatic carbocycles. The first-order valence-corrected chi connectivity index (χ1v) is 12.0. The van der Waals surface area contributed by atoms with Crippen molar-refractivity contribution < 1.29 is 4.79 Å². The molecule has 0 unspecified atom stereocenters. The van der Waals surface area contributed by atoms with Gasteiger partial charge in [0.25, 0.3) is 5.91 Å². The van der Waals surface area contributed by atoms with Crippen LogP contribution in [0.25, 0.3) is 0 Å². The molecule has 0 saturated carbocycles. The number of unbranched alkanes of at least 4 members (excludes halogenated alkanes) is 12. The molecular formula is C26H45NO. The molecule has 0 aliphatic carbocycles. The van der Waals surface area contributed by atoms with E-state index in [0.717, 1.165) is 31.5 Å². The molecule has 0 bridgehead atoms. The average molecular weight is 388 g/mol. The number of hydrogen-bond donors (Lipinski definition) is 0. The van der Waals surface area contributed by atoms with Gasteiger partial charge in [0, 0.05) is 18.7 Å². The van der Waals surface area contributed by atoms with Crippen LogP contribution in [0.1, 0.15) is 120 Å². The van der Waals surface area contributed by atoms with Crippen molar-refractivity contribution in [3.63, 3.8) is 0 Å². The number of benzene rings is 1. The summed E-state index contributed by atoms with van der Waals surface area (Å²) in [5, 5.41) is 0. The smallest absolute Gasteiger partial charge is 0.253 e. The van der Waals surface area contributed by atoms with E-state index in [1.165, 1.54) is 82.6 Å². The first-order valence-electron chi connectivity index (χ1n) is 12.0. The van der Waals surface area contributed by atoms with Gasteiger partial charge in [0.2, 0.25) is 0 Å². The number of aryl methyl sites for hydroxylation is 1. The number of amides is 1. The van der Waals surface area contributed by atoms with Gasteiger partial charge in [-0.2, -0.15) is 0 Å². The van der Waals surface area contributed by atoms with Crippen LogP contribution in [-0.2, 0) is 0 Å². The van der Waals surface area contributed by atoms with Crippen LogP contribution in [0.2, 0.25) is 0 Å². The van der Waals surface area contributed by atoms with Crippen LogP contribution in [0.5, 0.6) is 0 Å². The Hall–Kier alpha value is -1.31. The molecule has 0 fully saturated rings. The highest BCUT2D eigenvalue weighted by molar-refractivity contribution is 5.94. The Morgan fingerprint density at radius 3 is 1.46 bits per heavy atom. The van der Waals surface area contributed by atoms with Crippen LogP contribution < -0.4 is 0 Å². The van der Waals surface area contributed by atoms with Crippen molar-refractivity contribution in [2.45, 2.75) is 111 Å². The molecule has 2 nitrogen and oxygen atoms in total. The van der Waals surface area contributed by atoms with Gasteiger partial charge < -0.3 is 4.90 Å². The Morgan fingerprint density at radius 2 is 1.04 bits per heavy atom. The molecule has 0 saturated heterocycles. The van der Waals surface area contributed by atoms with E-state index >= 15 is 0 Å². The number of carbonyl (C=O) groups is 1. The Labute approximate surface area is 175 Å². The lowest BCUT2D eigenvalue weighted by Gasteiger charge is -2.23. The molecule has 1 aromatic rings. The lowest BCUT2D eigenvalue weighted by molar-refractivity contribution is 0.0749. The van der Waals surface area contributed by atoms with Crippen LogP contribution in [0.15, 0.2) is 24.3 Å². The summed E-state index contributed by atoms with van der Waals surface area (Å²) < 4.78 is 0. The second kappa shape index (κ2) is 16.6. The highest BCUT2D eigenvalue weighted by Crippen LogP contribution is 2.13. The van der Waals surface area contributed by atoms with Gasteiger partial charge in [-0.3, -0.25) is 4.79 Å². The third kappa shape index (κ3) is 11.5. The third-order valence-corrected chi connectivity index (χ3v) is 5.65. The van der Waals surface area contributed by atoms with Crippen LogP contribution in [0.3, 0.4) is 0 Å². The van der Waals surface area contributed by atoms with E-state index in [2.05, 4.69) is 25.7 Å². The van der Waals surface area contributed by atoms with Gasteiger partial charge in [0.05, 0.1) is 0 Å². The maximum absolute atomic E-state index is 13.0. The standard InChI is InChI=1S/C26H45NO/c1-4-6-8-10-12-14-16-22-27(23-17-15-13-11-9-7-5-2)26(28)25-20-18-24(3)19-21-25/h18-21H,4-17,22-23H2,1-3H3. The van der Waals surface area contributed by atoms with Crippen molar-refractivity contribution in [1.82, 2.24) is 4.90 Å². The largest absolute Gasteiger partial charge is 0.339 e. The second-order valence-electron chi connectivity index (χ2n) is 8.40. The Balaban J connectivity index is 2.40. The van der Waals surface area contributed by atoms with E-state index in [1.54, 1.807) is 0 Å². The van der Waals surface area contributed by atoms with Crippen molar-refractivity contribution in [1.29, 1.82) is 0 Å². The van der Waals surface area contributed by atoms with Gasteiger partial charge in [-0.05, 0) is 31.9 Å². The zero-order valence-corrected chi connectivity index (χ0v) is 19.0. The Morgan fingerprint density at radius 1 is 0.643 bits per heavy atom. The molecule has 2 heteroatoms. The predicted molar refractivity (Wildman–Crippen MR) is 123 cm³/mol. The number of carbonyl (C=O) groups excluding carboxylic acids is 1. The summed E-state index contributed by atoms with van der Waals surface area (Å²) in [6, 6.07) is 8.07. The molecule has 0 aliphatic heterocycles. The van der Waals surface area contributed by atoms with Gasteiger partial charge in [0.1, 0.15) is 0 Å². The van der Waals surface area contributed by atoms with Gasteiger partial charge >= 0.3 is 0 Å². The molecule has 0 spiro atoms. The molecule has 1 rings (SSSR count). The van der Waals surface area contributed by atoms with E-state index in [4.69, 9.17) is 0 Å². The number of rotatable bonds is 17. The van der Waals surface area contributed by atoms with Gasteiger partial charge in [-0.15, -0.1) is 0 Å². The summed E-state index contributed by atoms with van der Waals surface area (Å²) in [6.45, 7) is 8.42. The Kier molecular flexibility index (Phi) is 14.7.